The first-order valence-electron chi connectivity index (χ1n) is 4.20. The van der Waals surface area contributed by atoms with Crippen molar-refractivity contribution in [1.29, 1.82) is 0 Å². The number of nitrogens with one attached hydrogen (secondary N) is 1. The van der Waals surface area contributed by atoms with Crippen LogP contribution in [0.25, 0.3) is 0 Å². The smallest absolute Gasteiger partial charge is 0.305 e. The number of amides is 1. The lowest BCUT2D eigenvalue weighted by atomic mass is 10.0. The number of carbonyl (C=O) groups is 2. The molecule has 0 aromatic rings. The van der Waals surface area contributed by atoms with Crippen LogP contribution in [-0.4, -0.2) is 29.6 Å². The Kier molecular flexibility index (Phi) is 5.06. The Labute approximate surface area is 77.3 Å². The van der Waals surface area contributed by atoms with Crippen LogP contribution in [0.15, 0.2) is 0 Å². The molecule has 0 aromatic carbocycles. The summed E-state index contributed by atoms with van der Waals surface area (Å²) in [6, 6.07) is -0.218. The molecule has 4 N–H and O–H groups in total. The second kappa shape index (κ2) is 5.53. The molecule has 0 spiro atoms. The van der Waals surface area contributed by atoms with Crippen molar-refractivity contribution in [2.45, 2.75) is 26.3 Å². The van der Waals surface area contributed by atoms with Gasteiger partial charge in [-0.15, -0.1) is 0 Å². The molecule has 5 nitrogen and oxygen atoms in total. The molecule has 0 rings (SSSR count). The van der Waals surface area contributed by atoms with E-state index in [1.165, 1.54) is 0 Å². The summed E-state index contributed by atoms with van der Waals surface area (Å²) in [5.41, 5.74) is 5.49. The highest BCUT2D eigenvalue weighted by molar-refractivity contribution is 5.79. The standard InChI is InChI=1S/C8H16N2O3/c1-5(6(2)9)8(13)10-4-3-7(11)12/h5-6H,3-4,9H2,1-2H3,(H,10,13)(H,11,12). The number of carboxylic acids is 1. The molecule has 0 saturated carbocycles. The van der Waals surface area contributed by atoms with Gasteiger partial charge < -0.3 is 16.2 Å². The summed E-state index contributed by atoms with van der Waals surface area (Å²) in [6.45, 7) is 3.60. The minimum Gasteiger partial charge on any atom is -0.481 e. The van der Waals surface area contributed by atoms with E-state index in [1.807, 2.05) is 0 Å². The maximum absolute atomic E-state index is 11.2. The Bertz CT molecular complexity index is 192. The molecule has 5 heteroatoms. The Hall–Kier alpha value is -1.10. The first-order chi connectivity index (χ1) is 5.95. The quantitative estimate of drug-likeness (QED) is 0.545. The van der Waals surface area contributed by atoms with E-state index in [-0.39, 0.29) is 30.8 Å². The fourth-order valence-corrected chi connectivity index (χ4v) is 0.692. The van der Waals surface area contributed by atoms with E-state index in [0.717, 1.165) is 0 Å². The van der Waals surface area contributed by atoms with Crippen LogP contribution >= 0.6 is 0 Å². The van der Waals surface area contributed by atoms with Crippen molar-refractivity contribution in [1.82, 2.24) is 5.32 Å². The minimum absolute atomic E-state index is 0.0581. The van der Waals surface area contributed by atoms with Crippen LogP contribution in [0.1, 0.15) is 20.3 Å². The first kappa shape index (κ1) is 11.9. The summed E-state index contributed by atoms with van der Waals surface area (Å²) in [4.78, 5) is 21.3. The predicted molar refractivity (Wildman–Crippen MR) is 48.1 cm³/mol. The number of nitrogens with two attached hydrogens (primary N) is 1. The van der Waals surface area contributed by atoms with Gasteiger partial charge in [-0.3, -0.25) is 9.59 Å². The minimum atomic E-state index is -0.922. The van der Waals surface area contributed by atoms with Gasteiger partial charge in [-0.25, -0.2) is 0 Å². The van der Waals surface area contributed by atoms with Gasteiger partial charge in [0.05, 0.1) is 6.42 Å². The zero-order chi connectivity index (χ0) is 10.4. The number of rotatable bonds is 5. The Morgan fingerprint density at radius 1 is 1.46 bits per heavy atom. The van der Waals surface area contributed by atoms with E-state index in [1.54, 1.807) is 13.8 Å². The van der Waals surface area contributed by atoms with Crippen LogP contribution < -0.4 is 11.1 Å². The van der Waals surface area contributed by atoms with E-state index in [4.69, 9.17) is 10.8 Å². The van der Waals surface area contributed by atoms with Crippen molar-refractivity contribution in [3.05, 3.63) is 0 Å². The predicted octanol–water partition coefficient (Wildman–Crippen LogP) is -0.439. The van der Waals surface area contributed by atoms with Crippen molar-refractivity contribution in [3.8, 4) is 0 Å². The second-order valence-electron chi connectivity index (χ2n) is 3.08. The maximum Gasteiger partial charge on any atom is 0.305 e. The molecular weight excluding hydrogens is 172 g/mol. The van der Waals surface area contributed by atoms with E-state index >= 15 is 0 Å². The highest BCUT2D eigenvalue weighted by Gasteiger charge is 2.16. The molecule has 0 saturated heterocycles. The normalized spacial score (nSPS) is 14.7. The third-order valence-electron chi connectivity index (χ3n) is 1.84. The number of aliphatic carboxylic acids is 1. The molecule has 2 unspecified atom stereocenters. The molecule has 0 fully saturated rings. The van der Waals surface area contributed by atoms with Crippen molar-refractivity contribution >= 4 is 11.9 Å². The third kappa shape index (κ3) is 5.19. The highest BCUT2D eigenvalue weighted by Crippen LogP contribution is 1.98. The number of hydrogen-bond acceptors (Lipinski definition) is 3. The molecule has 13 heavy (non-hydrogen) atoms. The molecule has 76 valence electrons. The lowest BCUT2D eigenvalue weighted by molar-refractivity contribution is -0.137. The zero-order valence-corrected chi connectivity index (χ0v) is 7.91. The highest BCUT2D eigenvalue weighted by atomic mass is 16.4. The lowest BCUT2D eigenvalue weighted by Gasteiger charge is -2.14. The van der Waals surface area contributed by atoms with Gasteiger partial charge in [0, 0.05) is 18.5 Å². The van der Waals surface area contributed by atoms with E-state index in [0.29, 0.717) is 0 Å². The van der Waals surface area contributed by atoms with Gasteiger partial charge in [0.1, 0.15) is 0 Å². The van der Waals surface area contributed by atoms with Crippen LogP contribution in [0.2, 0.25) is 0 Å². The monoisotopic (exact) mass is 188 g/mol. The average molecular weight is 188 g/mol. The fraction of sp³-hybridized carbons (Fsp3) is 0.750. The van der Waals surface area contributed by atoms with Gasteiger partial charge in [-0.2, -0.15) is 0 Å². The number of carbonyl (C=O) groups excluding carboxylic acids is 1. The molecule has 0 aliphatic rings. The van der Waals surface area contributed by atoms with Crippen molar-refractivity contribution in [3.63, 3.8) is 0 Å². The summed E-state index contributed by atoms with van der Waals surface area (Å²) in [7, 11) is 0. The molecule has 0 bridgehead atoms. The van der Waals surface area contributed by atoms with E-state index in [2.05, 4.69) is 5.32 Å². The van der Waals surface area contributed by atoms with Gasteiger partial charge >= 0.3 is 5.97 Å². The molecule has 0 heterocycles. The Morgan fingerprint density at radius 2 is 2.00 bits per heavy atom. The van der Waals surface area contributed by atoms with Crippen LogP contribution in [0.4, 0.5) is 0 Å². The maximum atomic E-state index is 11.2. The summed E-state index contributed by atoms with van der Waals surface area (Å²) < 4.78 is 0. The zero-order valence-electron chi connectivity index (χ0n) is 7.91. The Morgan fingerprint density at radius 3 is 2.38 bits per heavy atom. The molecule has 0 aromatic heterocycles. The van der Waals surface area contributed by atoms with Gasteiger partial charge in [-0.05, 0) is 6.92 Å². The van der Waals surface area contributed by atoms with Crippen LogP contribution in [-0.2, 0) is 9.59 Å². The fourth-order valence-electron chi connectivity index (χ4n) is 0.692. The number of hydrogen-bond donors (Lipinski definition) is 3. The summed E-state index contributed by atoms with van der Waals surface area (Å²) in [5.74, 6) is -1.40. The lowest BCUT2D eigenvalue weighted by Crippen LogP contribution is -2.39. The molecule has 2 atom stereocenters. The van der Waals surface area contributed by atoms with Gasteiger partial charge in [0.2, 0.25) is 5.91 Å². The van der Waals surface area contributed by atoms with E-state index in [9.17, 15) is 9.59 Å². The first-order valence-corrected chi connectivity index (χ1v) is 4.20. The average Bonchev–Trinajstić information content (AvgIpc) is 2.02. The SMILES string of the molecule is CC(N)C(C)C(=O)NCCC(=O)O. The number of carboxylic acid groups (broad SMARTS) is 1. The van der Waals surface area contributed by atoms with Crippen LogP contribution in [0.3, 0.4) is 0 Å². The summed E-state index contributed by atoms with van der Waals surface area (Å²) in [5, 5.41) is 10.8. The molecular formula is C8H16N2O3. The largest absolute Gasteiger partial charge is 0.481 e. The molecule has 0 aliphatic heterocycles. The van der Waals surface area contributed by atoms with Crippen LogP contribution in [0, 0.1) is 5.92 Å². The van der Waals surface area contributed by atoms with Gasteiger partial charge in [-0.1, -0.05) is 6.92 Å². The molecule has 0 radical (unpaired) electrons. The van der Waals surface area contributed by atoms with Crippen molar-refractivity contribution < 1.29 is 14.7 Å². The molecule has 0 aliphatic carbocycles. The topological polar surface area (TPSA) is 92.4 Å². The Balaban J connectivity index is 3.68. The van der Waals surface area contributed by atoms with E-state index < -0.39 is 5.97 Å². The van der Waals surface area contributed by atoms with Crippen molar-refractivity contribution in [2.24, 2.45) is 11.7 Å². The summed E-state index contributed by atoms with van der Waals surface area (Å²) in [6.07, 6.45) is -0.0581. The molecule has 1 amide bonds. The van der Waals surface area contributed by atoms with Gasteiger partial charge in [0.25, 0.3) is 0 Å². The van der Waals surface area contributed by atoms with Crippen molar-refractivity contribution in [2.75, 3.05) is 6.54 Å². The van der Waals surface area contributed by atoms with Crippen LogP contribution in [0.5, 0.6) is 0 Å². The van der Waals surface area contributed by atoms with Gasteiger partial charge in [0.15, 0.2) is 0 Å². The third-order valence-corrected chi connectivity index (χ3v) is 1.84. The second-order valence-corrected chi connectivity index (χ2v) is 3.08. The summed E-state index contributed by atoms with van der Waals surface area (Å²) >= 11 is 0.